The summed E-state index contributed by atoms with van der Waals surface area (Å²) in [5.41, 5.74) is 1.88. The molecule has 21 heavy (non-hydrogen) atoms. The van der Waals surface area contributed by atoms with Crippen LogP contribution in [0.2, 0.25) is 0 Å². The molecule has 0 bridgehead atoms. The molecule has 108 valence electrons. The third kappa shape index (κ3) is 3.06. The maximum absolute atomic E-state index is 5.53. The Kier molecular flexibility index (Phi) is 3.88. The van der Waals surface area contributed by atoms with Gasteiger partial charge < -0.3 is 14.5 Å². The SMILES string of the molecule is COc1cccc2ccc(CNCc3ccc(C)o3)nc12. The number of aryl methyl sites for hydroxylation is 1. The average Bonchev–Trinajstić information content (AvgIpc) is 2.92. The number of furan rings is 1. The third-order valence-corrected chi connectivity index (χ3v) is 3.36. The van der Waals surface area contributed by atoms with E-state index < -0.39 is 0 Å². The van der Waals surface area contributed by atoms with E-state index in [1.165, 1.54) is 0 Å². The van der Waals surface area contributed by atoms with Gasteiger partial charge in [0.05, 0.1) is 19.3 Å². The van der Waals surface area contributed by atoms with Crippen molar-refractivity contribution in [1.82, 2.24) is 10.3 Å². The Morgan fingerprint density at radius 3 is 2.76 bits per heavy atom. The van der Waals surface area contributed by atoms with Crippen molar-refractivity contribution in [2.45, 2.75) is 20.0 Å². The van der Waals surface area contributed by atoms with E-state index in [4.69, 9.17) is 9.15 Å². The number of nitrogens with zero attached hydrogens (tertiary/aromatic N) is 1. The predicted octanol–water partition coefficient (Wildman–Crippen LogP) is 3.43. The summed E-state index contributed by atoms with van der Waals surface area (Å²) < 4.78 is 10.9. The first-order chi connectivity index (χ1) is 10.3. The fraction of sp³-hybridized carbons (Fsp3) is 0.235. The Balaban J connectivity index is 1.72. The van der Waals surface area contributed by atoms with Crippen LogP contribution < -0.4 is 10.1 Å². The number of benzene rings is 1. The van der Waals surface area contributed by atoms with Gasteiger partial charge in [0.15, 0.2) is 0 Å². The van der Waals surface area contributed by atoms with Crippen LogP contribution in [-0.4, -0.2) is 12.1 Å². The quantitative estimate of drug-likeness (QED) is 0.778. The first kappa shape index (κ1) is 13.6. The lowest BCUT2D eigenvalue weighted by atomic mass is 10.2. The minimum Gasteiger partial charge on any atom is -0.494 e. The summed E-state index contributed by atoms with van der Waals surface area (Å²) in [5, 5.41) is 4.42. The summed E-state index contributed by atoms with van der Waals surface area (Å²) in [7, 11) is 1.67. The molecule has 0 spiro atoms. The van der Waals surface area contributed by atoms with Gasteiger partial charge in [-0.15, -0.1) is 0 Å². The van der Waals surface area contributed by atoms with Crippen LogP contribution in [0.3, 0.4) is 0 Å². The molecule has 0 aliphatic carbocycles. The number of methoxy groups -OCH3 is 1. The number of aromatic nitrogens is 1. The van der Waals surface area contributed by atoms with Gasteiger partial charge in [-0.1, -0.05) is 18.2 Å². The molecule has 2 aromatic heterocycles. The van der Waals surface area contributed by atoms with Crippen molar-refractivity contribution in [1.29, 1.82) is 0 Å². The van der Waals surface area contributed by atoms with E-state index in [2.05, 4.69) is 16.4 Å². The second-order valence-electron chi connectivity index (χ2n) is 4.95. The van der Waals surface area contributed by atoms with Gasteiger partial charge in [0.25, 0.3) is 0 Å². The highest BCUT2D eigenvalue weighted by Gasteiger charge is 2.04. The van der Waals surface area contributed by atoms with Crippen LogP contribution in [0.15, 0.2) is 46.9 Å². The Hall–Kier alpha value is -2.33. The zero-order valence-corrected chi connectivity index (χ0v) is 12.2. The lowest BCUT2D eigenvalue weighted by Gasteiger charge is -2.07. The van der Waals surface area contributed by atoms with Crippen LogP contribution in [0.5, 0.6) is 5.75 Å². The largest absolute Gasteiger partial charge is 0.494 e. The molecule has 0 radical (unpaired) electrons. The molecule has 0 saturated carbocycles. The van der Waals surface area contributed by atoms with Crippen molar-refractivity contribution >= 4 is 10.9 Å². The summed E-state index contributed by atoms with van der Waals surface area (Å²) in [5.74, 6) is 2.67. The molecule has 4 heteroatoms. The highest BCUT2D eigenvalue weighted by Crippen LogP contribution is 2.23. The number of hydrogen-bond donors (Lipinski definition) is 1. The number of para-hydroxylation sites is 1. The molecule has 3 rings (SSSR count). The molecule has 4 nitrogen and oxygen atoms in total. The van der Waals surface area contributed by atoms with E-state index in [0.29, 0.717) is 13.1 Å². The van der Waals surface area contributed by atoms with Gasteiger partial charge in [-0.25, -0.2) is 4.98 Å². The summed E-state index contributed by atoms with van der Waals surface area (Å²) in [6.07, 6.45) is 0. The lowest BCUT2D eigenvalue weighted by molar-refractivity contribution is 0.418. The van der Waals surface area contributed by atoms with Crippen molar-refractivity contribution < 1.29 is 9.15 Å². The van der Waals surface area contributed by atoms with Gasteiger partial charge >= 0.3 is 0 Å². The zero-order valence-electron chi connectivity index (χ0n) is 12.2. The molecule has 0 saturated heterocycles. The van der Waals surface area contributed by atoms with Gasteiger partial charge in [-0.05, 0) is 31.2 Å². The van der Waals surface area contributed by atoms with Crippen molar-refractivity contribution in [2.75, 3.05) is 7.11 Å². The second kappa shape index (κ2) is 5.97. The highest BCUT2D eigenvalue weighted by atomic mass is 16.5. The molecular weight excluding hydrogens is 264 g/mol. The van der Waals surface area contributed by atoms with Gasteiger partial charge in [-0.2, -0.15) is 0 Å². The fourth-order valence-corrected chi connectivity index (χ4v) is 2.32. The minimum absolute atomic E-state index is 0.688. The van der Waals surface area contributed by atoms with Gasteiger partial charge in [0.2, 0.25) is 0 Å². The molecular formula is C17H18N2O2. The second-order valence-corrected chi connectivity index (χ2v) is 4.95. The van der Waals surface area contributed by atoms with Crippen LogP contribution in [0, 0.1) is 6.92 Å². The molecule has 3 aromatic rings. The molecule has 0 aliphatic rings. The normalized spacial score (nSPS) is 11.0. The molecule has 0 amide bonds. The van der Waals surface area contributed by atoms with E-state index in [1.54, 1.807) is 7.11 Å². The molecule has 0 aliphatic heterocycles. The summed E-state index contributed by atoms with van der Waals surface area (Å²) >= 11 is 0. The molecule has 0 unspecified atom stereocenters. The lowest BCUT2D eigenvalue weighted by Crippen LogP contribution is -2.13. The topological polar surface area (TPSA) is 47.3 Å². The van der Waals surface area contributed by atoms with Crippen molar-refractivity contribution in [3.63, 3.8) is 0 Å². The monoisotopic (exact) mass is 282 g/mol. The smallest absolute Gasteiger partial charge is 0.145 e. The molecule has 0 atom stereocenters. The summed E-state index contributed by atoms with van der Waals surface area (Å²) in [6.45, 7) is 3.33. The molecule has 1 aromatic carbocycles. The minimum atomic E-state index is 0.688. The Morgan fingerprint density at radius 2 is 2.00 bits per heavy atom. The first-order valence-electron chi connectivity index (χ1n) is 6.95. The Morgan fingerprint density at radius 1 is 1.10 bits per heavy atom. The fourth-order valence-electron chi connectivity index (χ4n) is 2.32. The third-order valence-electron chi connectivity index (χ3n) is 3.36. The number of ether oxygens (including phenoxy) is 1. The van der Waals surface area contributed by atoms with E-state index in [1.807, 2.05) is 43.3 Å². The molecule has 1 N–H and O–H groups in total. The van der Waals surface area contributed by atoms with Gasteiger partial charge in [0, 0.05) is 11.9 Å². The van der Waals surface area contributed by atoms with Gasteiger partial charge in [-0.3, -0.25) is 0 Å². The number of nitrogens with one attached hydrogen (secondary N) is 1. The van der Waals surface area contributed by atoms with E-state index >= 15 is 0 Å². The van der Waals surface area contributed by atoms with Crippen LogP contribution in [-0.2, 0) is 13.1 Å². The summed E-state index contributed by atoms with van der Waals surface area (Å²) in [6, 6.07) is 14.0. The standard InChI is InChI=1S/C17H18N2O2/c1-12-6-9-15(21-12)11-18-10-14-8-7-13-4-3-5-16(20-2)17(13)19-14/h3-9,18H,10-11H2,1-2H3. The average molecular weight is 282 g/mol. The Labute approximate surface area is 123 Å². The van der Waals surface area contributed by atoms with Crippen LogP contribution in [0.1, 0.15) is 17.2 Å². The van der Waals surface area contributed by atoms with Gasteiger partial charge in [0.1, 0.15) is 22.8 Å². The maximum Gasteiger partial charge on any atom is 0.145 e. The predicted molar refractivity (Wildman–Crippen MR) is 82.3 cm³/mol. The molecule has 2 heterocycles. The van der Waals surface area contributed by atoms with Crippen molar-refractivity contribution in [3.05, 3.63) is 59.7 Å². The maximum atomic E-state index is 5.53. The first-order valence-corrected chi connectivity index (χ1v) is 6.95. The number of hydrogen-bond acceptors (Lipinski definition) is 4. The Bertz CT molecular complexity index is 749. The zero-order chi connectivity index (χ0) is 14.7. The van der Waals surface area contributed by atoms with Crippen LogP contribution in [0.25, 0.3) is 10.9 Å². The van der Waals surface area contributed by atoms with Crippen molar-refractivity contribution in [2.24, 2.45) is 0 Å². The van der Waals surface area contributed by atoms with Crippen LogP contribution in [0.4, 0.5) is 0 Å². The molecule has 0 fully saturated rings. The number of fused-ring (bicyclic) bond motifs is 1. The summed E-state index contributed by atoms with van der Waals surface area (Å²) in [4.78, 5) is 4.66. The number of pyridine rings is 1. The number of rotatable bonds is 5. The van der Waals surface area contributed by atoms with Crippen LogP contribution >= 0.6 is 0 Å². The van der Waals surface area contributed by atoms with E-state index in [-0.39, 0.29) is 0 Å². The van der Waals surface area contributed by atoms with E-state index in [9.17, 15) is 0 Å². The van der Waals surface area contributed by atoms with Crippen molar-refractivity contribution in [3.8, 4) is 5.75 Å². The highest BCUT2D eigenvalue weighted by molar-refractivity contribution is 5.84. The van der Waals surface area contributed by atoms with E-state index in [0.717, 1.165) is 33.9 Å².